The summed E-state index contributed by atoms with van der Waals surface area (Å²) in [6.07, 6.45) is 0. The quantitative estimate of drug-likeness (QED) is 0.380. The summed E-state index contributed by atoms with van der Waals surface area (Å²) >= 11 is 0. The molecule has 0 aliphatic rings. The molecule has 0 spiro atoms. The Labute approximate surface area is 142 Å². The second-order valence-corrected chi connectivity index (χ2v) is 4.67. The minimum Gasteiger partial charge on any atom is -0.546 e. The first-order valence-corrected chi connectivity index (χ1v) is 7.00. The van der Waals surface area contributed by atoms with Gasteiger partial charge in [-0.3, -0.25) is 10.1 Å². The highest BCUT2D eigenvalue weighted by Crippen LogP contribution is 2.35. The highest BCUT2D eigenvalue weighted by Gasteiger charge is 2.17. The van der Waals surface area contributed by atoms with Gasteiger partial charge in [0.2, 0.25) is 5.75 Å². The maximum atomic E-state index is 11.1. The van der Waals surface area contributed by atoms with Crippen molar-refractivity contribution in [2.24, 2.45) is 0 Å². The first-order valence-electron chi connectivity index (χ1n) is 7.00. The molecule has 0 radical (unpaired) electrons. The Kier molecular flexibility index (Phi) is 6.13. The van der Waals surface area contributed by atoms with E-state index < -0.39 is 17.5 Å². The molecule has 25 heavy (non-hydrogen) atoms. The number of carboxylic acid groups (broad SMARTS) is 1. The smallest absolute Gasteiger partial charge is 0.311 e. The van der Waals surface area contributed by atoms with Crippen LogP contribution in [-0.4, -0.2) is 31.4 Å². The van der Waals surface area contributed by atoms with Crippen molar-refractivity contribution in [2.45, 2.75) is 0 Å². The van der Waals surface area contributed by atoms with Crippen molar-refractivity contribution in [3.63, 3.8) is 0 Å². The van der Waals surface area contributed by atoms with Crippen molar-refractivity contribution in [1.82, 2.24) is 0 Å². The Morgan fingerprint density at radius 3 is 2.28 bits per heavy atom. The predicted molar refractivity (Wildman–Crippen MR) is 82.6 cm³/mol. The van der Waals surface area contributed by atoms with Gasteiger partial charge >= 0.3 is 5.69 Å². The molecule has 0 saturated carbocycles. The average Bonchev–Trinajstić information content (AvgIpc) is 2.59. The molecule has 9 heteroatoms. The van der Waals surface area contributed by atoms with Crippen molar-refractivity contribution in [3.8, 4) is 23.0 Å². The van der Waals surface area contributed by atoms with Gasteiger partial charge in [-0.25, -0.2) is 0 Å². The zero-order valence-electron chi connectivity index (χ0n) is 13.2. The predicted octanol–water partition coefficient (Wildman–Crippen LogP) is 1.50. The molecular formula is C16H14NO8-. The number of carbonyl (C=O) groups is 1. The second-order valence-electron chi connectivity index (χ2n) is 4.67. The van der Waals surface area contributed by atoms with Crippen LogP contribution in [0.25, 0.3) is 0 Å². The highest BCUT2D eigenvalue weighted by molar-refractivity contribution is 5.66. The van der Waals surface area contributed by atoms with Crippen LogP contribution in [-0.2, 0) is 9.53 Å². The first kappa shape index (κ1) is 18.0. The number of nitrogens with zero attached hydrogens (tertiary/aromatic N) is 1. The SMILES string of the molecule is COCOc1ccc([N+](=O)[O-])c(Oc2ccc(OCC(=O)[O-])cc2)c1. The average molecular weight is 348 g/mol. The van der Waals surface area contributed by atoms with Crippen LogP contribution < -0.4 is 19.3 Å². The molecule has 2 rings (SSSR count). The molecule has 0 unspecified atom stereocenters. The van der Waals surface area contributed by atoms with Gasteiger partial charge in [-0.1, -0.05) is 0 Å². The molecule has 0 fully saturated rings. The van der Waals surface area contributed by atoms with Gasteiger partial charge in [0.25, 0.3) is 0 Å². The second kappa shape index (κ2) is 8.50. The van der Waals surface area contributed by atoms with Crippen molar-refractivity contribution >= 4 is 11.7 Å². The summed E-state index contributed by atoms with van der Waals surface area (Å²) in [5.41, 5.74) is -0.234. The first-order chi connectivity index (χ1) is 12.0. The number of rotatable bonds is 9. The van der Waals surface area contributed by atoms with Crippen LogP contribution in [0.2, 0.25) is 0 Å². The lowest BCUT2D eigenvalue weighted by Crippen LogP contribution is -2.28. The molecule has 0 amide bonds. The molecule has 0 bridgehead atoms. The molecule has 0 heterocycles. The normalized spacial score (nSPS) is 10.1. The number of carbonyl (C=O) groups excluding carboxylic acids is 1. The number of hydrogen-bond donors (Lipinski definition) is 0. The lowest BCUT2D eigenvalue weighted by atomic mass is 10.2. The summed E-state index contributed by atoms with van der Waals surface area (Å²) in [6.45, 7) is -0.591. The maximum absolute atomic E-state index is 11.1. The van der Waals surface area contributed by atoms with Crippen molar-refractivity contribution in [3.05, 3.63) is 52.6 Å². The van der Waals surface area contributed by atoms with Gasteiger partial charge in [0, 0.05) is 19.2 Å². The molecule has 0 atom stereocenters. The van der Waals surface area contributed by atoms with E-state index >= 15 is 0 Å². The van der Waals surface area contributed by atoms with E-state index in [2.05, 4.69) is 0 Å². The Morgan fingerprint density at radius 1 is 1.04 bits per heavy atom. The van der Waals surface area contributed by atoms with E-state index in [1.54, 1.807) is 0 Å². The lowest BCUT2D eigenvalue weighted by molar-refractivity contribution is -0.385. The third-order valence-corrected chi connectivity index (χ3v) is 2.88. The molecular weight excluding hydrogens is 334 g/mol. The van der Waals surface area contributed by atoms with Crippen LogP contribution >= 0.6 is 0 Å². The molecule has 0 aromatic heterocycles. The van der Waals surface area contributed by atoms with E-state index in [1.165, 1.54) is 49.6 Å². The molecule has 0 aliphatic carbocycles. The van der Waals surface area contributed by atoms with Crippen LogP contribution in [0.1, 0.15) is 0 Å². The van der Waals surface area contributed by atoms with Crippen LogP contribution in [0.4, 0.5) is 5.69 Å². The highest BCUT2D eigenvalue weighted by atomic mass is 16.7. The number of hydrogen-bond acceptors (Lipinski definition) is 8. The number of methoxy groups -OCH3 is 1. The standard InChI is InChI=1S/C16H15NO8/c1-22-10-24-13-6-7-14(17(20)21)15(8-13)25-12-4-2-11(3-5-12)23-9-16(18)19/h2-8H,9-10H2,1H3,(H,18,19)/p-1. The van der Waals surface area contributed by atoms with Gasteiger partial charge in [0.1, 0.15) is 23.9 Å². The Morgan fingerprint density at radius 2 is 1.68 bits per heavy atom. The third kappa shape index (κ3) is 5.36. The number of benzene rings is 2. The van der Waals surface area contributed by atoms with E-state index in [0.29, 0.717) is 17.2 Å². The monoisotopic (exact) mass is 348 g/mol. The molecule has 0 saturated heterocycles. The van der Waals surface area contributed by atoms with Gasteiger partial charge < -0.3 is 28.8 Å². The summed E-state index contributed by atoms with van der Waals surface area (Å²) in [7, 11) is 1.45. The number of nitro groups is 1. The fraction of sp³-hybridized carbons (Fsp3) is 0.188. The van der Waals surface area contributed by atoms with Gasteiger partial charge in [-0.2, -0.15) is 0 Å². The van der Waals surface area contributed by atoms with Crippen LogP contribution in [0.15, 0.2) is 42.5 Å². The molecule has 0 aliphatic heterocycles. The molecule has 2 aromatic carbocycles. The minimum atomic E-state index is -1.34. The van der Waals surface area contributed by atoms with Crippen LogP contribution in [0.5, 0.6) is 23.0 Å². The third-order valence-electron chi connectivity index (χ3n) is 2.88. The Bertz CT molecular complexity index is 744. The van der Waals surface area contributed by atoms with E-state index in [4.69, 9.17) is 18.9 Å². The van der Waals surface area contributed by atoms with Gasteiger partial charge in [0.05, 0.1) is 10.9 Å². The van der Waals surface area contributed by atoms with Crippen molar-refractivity contribution < 1.29 is 33.8 Å². The summed E-state index contributed by atoms with van der Waals surface area (Å²) in [5.74, 6) is -0.418. The van der Waals surface area contributed by atoms with Crippen LogP contribution in [0, 0.1) is 10.1 Å². The molecule has 132 valence electrons. The van der Waals surface area contributed by atoms with Crippen molar-refractivity contribution in [2.75, 3.05) is 20.5 Å². The zero-order chi connectivity index (χ0) is 18.2. The number of ether oxygens (including phenoxy) is 4. The zero-order valence-corrected chi connectivity index (χ0v) is 13.2. The van der Waals surface area contributed by atoms with Gasteiger partial charge in [-0.15, -0.1) is 0 Å². The Balaban J connectivity index is 2.16. The maximum Gasteiger partial charge on any atom is 0.311 e. The summed E-state index contributed by atoms with van der Waals surface area (Å²) in [5, 5.41) is 21.5. The molecule has 0 N–H and O–H groups in total. The van der Waals surface area contributed by atoms with Crippen LogP contribution in [0.3, 0.4) is 0 Å². The van der Waals surface area contributed by atoms with E-state index in [-0.39, 0.29) is 18.2 Å². The van der Waals surface area contributed by atoms with E-state index in [0.717, 1.165) is 0 Å². The van der Waals surface area contributed by atoms with Gasteiger partial charge in [-0.05, 0) is 30.3 Å². The number of aliphatic carboxylic acids is 1. The molecule has 9 nitrogen and oxygen atoms in total. The lowest BCUT2D eigenvalue weighted by Gasteiger charge is -2.10. The summed E-state index contributed by atoms with van der Waals surface area (Å²) in [4.78, 5) is 20.9. The summed E-state index contributed by atoms with van der Waals surface area (Å²) in [6, 6.07) is 9.97. The Hall–Kier alpha value is -3.33. The largest absolute Gasteiger partial charge is 0.546 e. The summed E-state index contributed by atoms with van der Waals surface area (Å²) < 4.78 is 20.5. The fourth-order valence-corrected chi connectivity index (χ4v) is 1.82. The topological polar surface area (TPSA) is 120 Å². The van der Waals surface area contributed by atoms with E-state index in [1.807, 2.05) is 0 Å². The van der Waals surface area contributed by atoms with Crippen molar-refractivity contribution in [1.29, 1.82) is 0 Å². The number of carboxylic acids is 1. The molecule has 2 aromatic rings. The fourth-order valence-electron chi connectivity index (χ4n) is 1.82. The van der Waals surface area contributed by atoms with Gasteiger partial charge in [0.15, 0.2) is 6.79 Å². The number of nitro benzene ring substituents is 1. The van der Waals surface area contributed by atoms with E-state index in [9.17, 15) is 20.0 Å². The minimum absolute atomic E-state index is 0.0120.